The van der Waals surface area contributed by atoms with E-state index in [1.54, 1.807) is 17.4 Å². The molecule has 0 N–H and O–H groups in total. The Labute approximate surface area is 81.3 Å². The predicted molar refractivity (Wildman–Crippen MR) is 52.8 cm³/mol. The molecule has 3 heteroatoms. The van der Waals surface area contributed by atoms with Crippen molar-refractivity contribution in [2.45, 2.75) is 32.2 Å². The van der Waals surface area contributed by atoms with Crippen LogP contribution in [0.15, 0.2) is 11.1 Å². The average molecular weight is 193 g/mol. The van der Waals surface area contributed by atoms with E-state index in [-0.39, 0.29) is 0 Å². The van der Waals surface area contributed by atoms with Gasteiger partial charge in [-0.05, 0) is 37.3 Å². The number of thiophene rings is 1. The van der Waals surface area contributed by atoms with Gasteiger partial charge in [0.2, 0.25) is 6.08 Å². The summed E-state index contributed by atoms with van der Waals surface area (Å²) < 4.78 is 0. The molecule has 13 heavy (non-hydrogen) atoms. The molecule has 0 aliphatic heterocycles. The van der Waals surface area contributed by atoms with E-state index in [2.05, 4.69) is 11.1 Å². The highest BCUT2D eigenvalue weighted by Gasteiger charge is 2.12. The van der Waals surface area contributed by atoms with Crippen LogP contribution in [0.2, 0.25) is 0 Å². The molecule has 0 atom stereocenters. The van der Waals surface area contributed by atoms with Crippen LogP contribution in [0, 0.1) is 0 Å². The third-order valence-electron chi connectivity index (χ3n) is 2.35. The molecule has 0 fully saturated rings. The maximum absolute atomic E-state index is 9.93. The Morgan fingerprint density at radius 2 is 2.31 bits per heavy atom. The van der Waals surface area contributed by atoms with Gasteiger partial charge < -0.3 is 0 Å². The molecule has 1 aromatic rings. The van der Waals surface area contributed by atoms with Gasteiger partial charge in [-0.3, -0.25) is 0 Å². The summed E-state index contributed by atoms with van der Waals surface area (Å²) in [6.07, 6.45) is 6.61. The lowest BCUT2D eigenvalue weighted by Crippen LogP contribution is -1.96. The molecule has 2 rings (SSSR count). The fraction of sp³-hybridized carbons (Fsp3) is 0.500. The number of carbonyl (C=O) groups excluding carboxylic acids is 1. The zero-order valence-corrected chi connectivity index (χ0v) is 8.19. The van der Waals surface area contributed by atoms with Gasteiger partial charge in [-0.15, -0.1) is 11.3 Å². The molecule has 1 aromatic heterocycles. The van der Waals surface area contributed by atoms with Crippen molar-refractivity contribution in [1.29, 1.82) is 0 Å². The van der Waals surface area contributed by atoms with Gasteiger partial charge in [0.25, 0.3) is 0 Å². The van der Waals surface area contributed by atoms with E-state index in [1.807, 2.05) is 0 Å². The lowest BCUT2D eigenvalue weighted by Gasteiger charge is -2.08. The number of fused-ring (bicyclic) bond motifs is 1. The van der Waals surface area contributed by atoms with Crippen molar-refractivity contribution in [2.75, 3.05) is 0 Å². The molecule has 0 saturated heterocycles. The summed E-state index contributed by atoms with van der Waals surface area (Å²) in [4.78, 5) is 16.2. The SMILES string of the molecule is O=C=NCc1cc2c(s1)CCCC2. The highest BCUT2D eigenvalue weighted by Crippen LogP contribution is 2.29. The maximum Gasteiger partial charge on any atom is 0.235 e. The van der Waals surface area contributed by atoms with Crippen molar-refractivity contribution in [3.05, 3.63) is 21.4 Å². The highest BCUT2D eigenvalue weighted by atomic mass is 32.1. The van der Waals surface area contributed by atoms with Crippen LogP contribution in [0.1, 0.15) is 28.2 Å². The molecule has 0 amide bonds. The van der Waals surface area contributed by atoms with Gasteiger partial charge in [-0.25, -0.2) is 9.79 Å². The number of hydrogen-bond donors (Lipinski definition) is 0. The summed E-state index contributed by atoms with van der Waals surface area (Å²) in [5, 5.41) is 0. The minimum absolute atomic E-state index is 0.515. The van der Waals surface area contributed by atoms with Gasteiger partial charge in [0, 0.05) is 9.75 Å². The topological polar surface area (TPSA) is 29.4 Å². The molecule has 0 aromatic carbocycles. The second-order valence-electron chi connectivity index (χ2n) is 3.28. The molecule has 0 bridgehead atoms. The Hall–Kier alpha value is -0.920. The van der Waals surface area contributed by atoms with E-state index in [0.29, 0.717) is 6.54 Å². The average Bonchev–Trinajstić information content (AvgIpc) is 2.57. The van der Waals surface area contributed by atoms with Gasteiger partial charge in [0.05, 0.1) is 6.54 Å². The monoisotopic (exact) mass is 193 g/mol. The van der Waals surface area contributed by atoms with Gasteiger partial charge >= 0.3 is 0 Å². The molecule has 1 aliphatic carbocycles. The van der Waals surface area contributed by atoms with Crippen LogP contribution in [0.25, 0.3) is 0 Å². The fourth-order valence-electron chi connectivity index (χ4n) is 1.74. The normalized spacial score (nSPS) is 14.8. The van der Waals surface area contributed by atoms with Gasteiger partial charge in [-0.2, -0.15) is 0 Å². The summed E-state index contributed by atoms with van der Waals surface area (Å²) >= 11 is 1.80. The van der Waals surface area contributed by atoms with Crippen LogP contribution >= 0.6 is 11.3 Å². The first kappa shape index (κ1) is 8.67. The summed E-state index contributed by atoms with van der Waals surface area (Å²) in [6, 6.07) is 2.19. The molecule has 2 nitrogen and oxygen atoms in total. The molecular formula is C10H11NOS. The zero-order valence-electron chi connectivity index (χ0n) is 7.38. The van der Waals surface area contributed by atoms with Gasteiger partial charge in [0.1, 0.15) is 0 Å². The Morgan fingerprint density at radius 3 is 3.08 bits per heavy atom. The largest absolute Gasteiger partial charge is 0.235 e. The maximum atomic E-state index is 9.93. The van der Waals surface area contributed by atoms with Crippen LogP contribution in [0.3, 0.4) is 0 Å². The van der Waals surface area contributed by atoms with E-state index in [9.17, 15) is 4.79 Å². The second kappa shape index (κ2) is 3.86. The van der Waals surface area contributed by atoms with Crippen molar-refractivity contribution in [3.63, 3.8) is 0 Å². The first-order valence-electron chi connectivity index (χ1n) is 4.54. The zero-order chi connectivity index (χ0) is 9.10. The van der Waals surface area contributed by atoms with Crippen LogP contribution in [-0.2, 0) is 24.2 Å². The van der Waals surface area contributed by atoms with Gasteiger partial charge in [-0.1, -0.05) is 0 Å². The van der Waals surface area contributed by atoms with E-state index in [1.165, 1.54) is 41.0 Å². The minimum Gasteiger partial charge on any atom is -0.211 e. The summed E-state index contributed by atoms with van der Waals surface area (Å²) in [5.41, 5.74) is 1.48. The smallest absolute Gasteiger partial charge is 0.211 e. The second-order valence-corrected chi connectivity index (χ2v) is 4.50. The number of isocyanates is 1. The summed E-state index contributed by atoms with van der Waals surface area (Å²) in [6.45, 7) is 0.515. The third kappa shape index (κ3) is 1.87. The molecule has 0 spiro atoms. The summed E-state index contributed by atoms with van der Waals surface area (Å²) in [7, 11) is 0. The Kier molecular flexibility index (Phi) is 2.57. The van der Waals surface area contributed by atoms with Crippen molar-refractivity contribution in [3.8, 4) is 0 Å². The molecule has 1 aliphatic rings. The van der Waals surface area contributed by atoms with Crippen LogP contribution in [0.4, 0.5) is 0 Å². The van der Waals surface area contributed by atoms with Crippen molar-refractivity contribution < 1.29 is 4.79 Å². The van der Waals surface area contributed by atoms with E-state index in [4.69, 9.17) is 0 Å². The third-order valence-corrected chi connectivity index (χ3v) is 3.57. The first-order chi connectivity index (χ1) is 6.40. The molecule has 0 radical (unpaired) electrons. The quantitative estimate of drug-likeness (QED) is 0.524. The molecule has 68 valence electrons. The lowest BCUT2D eigenvalue weighted by molar-refractivity contribution is 0.563. The summed E-state index contributed by atoms with van der Waals surface area (Å²) in [5.74, 6) is 0. The standard InChI is InChI=1S/C10H11NOS/c12-7-11-6-9-5-8-3-1-2-4-10(8)13-9/h5H,1-4,6H2. The number of aliphatic imine (C=N–C) groups is 1. The fourth-order valence-corrected chi connectivity index (χ4v) is 2.93. The highest BCUT2D eigenvalue weighted by molar-refractivity contribution is 7.12. The number of nitrogens with zero attached hydrogens (tertiary/aromatic N) is 1. The first-order valence-corrected chi connectivity index (χ1v) is 5.36. The lowest BCUT2D eigenvalue weighted by atomic mass is 9.99. The van der Waals surface area contributed by atoms with Crippen LogP contribution in [0.5, 0.6) is 0 Å². The Morgan fingerprint density at radius 1 is 1.46 bits per heavy atom. The predicted octanol–water partition coefficient (Wildman–Crippen LogP) is 2.46. The van der Waals surface area contributed by atoms with E-state index >= 15 is 0 Å². The van der Waals surface area contributed by atoms with Crippen molar-refractivity contribution in [2.24, 2.45) is 4.99 Å². The van der Waals surface area contributed by atoms with E-state index in [0.717, 1.165) is 0 Å². The number of rotatable bonds is 2. The van der Waals surface area contributed by atoms with Crippen LogP contribution in [-0.4, -0.2) is 6.08 Å². The van der Waals surface area contributed by atoms with Gasteiger partial charge in [0.15, 0.2) is 0 Å². The molecule has 0 unspecified atom stereocenters. The molecule has 1 heterocycles. The number of aryl methyl sites for hydroxylation is 2. The van der Waals surface area contributed by atoms with Crippen molar-refractivity contribution >= 4 is 17.4 Å². The Balaban J connectivity index is 2.19. The van der Waals surface area contributed by atoms with Crippen molar-refractivity contribution in [1.82, 2.24) is 0 Å². The Bertz CT molecular complexity index is 326. The molecular weight excluding hydrogens is 182 g/mol. The van der Waals surface area contributed by atoms with Crippen LogP contribution < -0.4 is 0 Å². The molecule has 0 saturated carbocycles. The number of hydrogen-bond acceptors (Lipinski definition) is 3. The van der Waals surface area contributed by atoms with E-state index < -0.39 is 0 Å². The minimum atomic E-state index is 0.515.